The van der Waals surface area contributed by atoms with Gasteiger partial charge in [-0.2, -0.15) is 0 Å². The van der Waals surface area contributed by atoms with E-state index in [4.69, 9.17) is 4.74 Å². The molecule has 29 heavy (non-hydrogen) atoms. The van der Waals surface area contributed by atoms with Crippen LogP contribution in [0.4, 0.5) is 8.78 Å². The van der Waals surface area contributed by atoms with Crippen LogP contribution in [0, 0.1) is 29.4 Å². The third-order valence-corrected chi connectivity index (χ3v) is 6.31. The van der Waals surface area contributed by atoms with E-state index in [0.29, 0.717) is 46.8 Å². The van der Waals surface area contributed by atoms with Gasteiger partial charge < -0.3 is 14.6 Å². The van der Waals surface area contributed by atoms with Crippen LogP contribution in [0.25, 0.3) is 11.0 Å². The van der Waals surface area contributed by atoms with Crippen molar-refractivity contribution in [3.8, 4) is 5.88 Å². The molecule has 2 saturated carbocycles. The number of ether oxygens (including phenoxy) is 1. The number of imidazole rings is 1. The highest BCUT2D eigenvalue weighted by atomic mass is 19.2. The van der Waals surface area contributed by atoms with Crippen molar-refractivity contribution in [3.63, 3.8) is 0 Å². The van der Waals surface area contributed by atoms with E-state index < -0.39 is 11.6 Å². The zero-order valence-electron chi connectivity index (χ0n) is 15.8. The fraction of sp³-hybridized carbons (Fsp3) is 0.381. The summed E-state index contributed by atoms with van der Waals surface area (Å²) in [5.74, 6) is 0.147. The van der Waals surface area contributed by atoms with Gasteiger partial charge in [-0.1, -0.05) is 0 Å². The lowest BCUT2D eigenvalue weighted by Crippen LogP contribution is -2.27. The van der Waals surface area contributed by atoms with Crippen LogP contribution < -0.4 is 10.1 Å². The second-order valence-corrected chi connectivity index (χ2v) is 7.82. The van der Waals surface area contributed by atoms with Gasteiger partial charge in [-0.25, -0.2) is 18.7 Å². The lowest BCUT2D eigenvalue weighted by atomic mass is 10.1. The summed E-state index contributed by atoms with van der Waals surface area (Å²) >= 11 is 0. The number of nitrogens with one attached hydrogen (secondary N) is 1. The smallest absolute Gasteiger partial charge is 0.252 e. The molecule has 2 aliphatic carbocycles. The zero-order valence-corrected chi connectivity index (χ0v) is 15.8. The molecular weight excluding hydrogens is 378 g/mol. The predicted molar refractivity (Wildman–Crippen MR) is 102 cm³/mol. The Balaban J connectivity index is 1.18. The molecule has 1 N–H and O–H groups in total. The Hall–Kier alpha value is -3.03. The standard InChI is InChI=1S/C21H20F2N4O2/c1-29-20-3-2-11(8-24-20)21(28)25-9-15-13-4-12(5-14(13)15)27-10-26-18-6-16(22)17(23)7-19(18)27/h2-3,6-8,10,12-15H,4-5,9H2,1H3,(H,25,28)/t12-,13-,14+,15+. The molecule has 8 heteroatoms. The summed E-state index contributed by atoms with van der Waals surface area (Å²) < 4.78 is 34.0. The minimum absolute atomic E-state index is 0.139. The summed E-state index contributed by atoms with van der Waals surface area (Å²) in [6, 6.07) is 5.95. The van der Waals surface area contributed by atoms with Crippen LogP contribution in [0.1, 0.15) is 29.2 Å². The molecular formula is C21H20F2N4O2. The number of carbonyl (C=O) groups is 1. The summed E-state index contributed by atoms with van der Waals surface area (Å²) in [4.78, 5) is 20.5. The van der Waals surface area contributed by atoms with Gasteiger partial charge in [0.2, 0.25) is 5.88 Å². The van der Waals surface area contributed by atoms with Gasteiger partial charge in [0, 0.05) is 37.0 Å². The fourth-order valence-corrected chi connectivity index (χ4v) is 4.74. The summed E-state index contributed by atoms with van der Waals surface area (Å²) in [6.07, 6.45) is 5.09. The van der Waals surface area contributed by atoms with Crippen LogP contribution >= 0.6 is 0 Å². The van der Waals surface area contributed by atoms with E-state index in [1.165, 1.54) is 19.4 Å². The second-order valence-electron chi connectivity index (χ2n) is 7.82. The third-order valence-electron chi connectivity index (χ3n) is 6.31. The number of carbonyl (C=O) groups excluding carboxylic acids is 1. The quantitative estimate of drug-likeness (QED) is 0.716. The molecule has 2 aliphatic rings. The zero-order chi connectivity index (χ0) is 20.1. The van der Waals surface area contributed by atoms with E-state index in [2.05, 4.69) is 15.3 Å². The van der Waals surface area contributed by atoms with Crippen LogP contribution in [0.3, 0.4) is 0 Å². The highest BCUT2D eigenvalue weighted by molar-refractivity contribution is 5.93. The lowest BCUT2D eigenvalue weighted by molar-refractivity contribution is 0.0949. The van der Waals surface area contributed by atoms with Crippen molar-refractivity contribution in [2.75, 3.05) is 13.7 Å². The summed E-state index contributed by atoms with van der Waals surface area (Å²) in [7, 11) is 1.53. The van der Waals surface area contributed by atoms with Crippen LogP contribution in [-0.4, -0.2) is 34.1 Å². The van der Waals surface area contributed by atoms with Crippen molar-refractivity contribution in [2.24, 2.45) is 17.8 Å². The summed E-state index contributed by atoms with van der Waals surface area (Å²) in [5.41, 5.74) is 1.61. The Morgan fingerprint density at radius 1 is 1.21 bits per heavy atom. The monoisotopic (exact) mass is 398 g/mol. The maximum Gasteiger partial charge on any atom is 0.252 e. The topological polar surface area (TPSA) is 69.0 Å². The van der Waals surface area contributed by atoms with Gasteiger partial charge in [0.25, 0.3) is 5.91 Å². The summed E-state index contributed by atoms with van der Waals surface area (Å²) in [5, 5.41) is 2.99. The van der Waals surface area contributed by atoms with Gasteiger partial charge >= 0.3 is 0 Å². The Morgan fingerprint density at radius 3 is 2.66 bits per heavy atom. The highest BCUT2D eigenvalue weighted by Gasteiger charge is 2.56. The molecule has 2 heterocycles. The van der Waals surface area contributed by atoms with Gasteiger partial charge in [0.05, 0.1) is 30.0 Å². The molecule has 0 aliphatic heterocycles. The van der Waals surface area contributed by atoms with E-state index in [0.717, 1.165) is 18.9 Å². The van der Waals surface area contributed by atoms with Crippen molar-refractivity contribution in [3.05, 3.63) is 54.0 Å². The molecule has 150 valence electrons. The number of halogens is 2. The largest absolute Gasteiger partial charge is 0.481 e. The van der Waals surface area contributed by atoms with Gasteiger partial charge in [0.1, 0.15) is 0 Å². The van der Waals surface area contributed by atoms with Crippen molar-refractivity contribution in [2.45, 2.75) is 18.9 Å². The lowest BCUT2D eigenvalue weighted by Gasteiger charge is -2.17. The van der Waals surface area contributed by atoms with Crippen molar-refractivity contribution >= 4 is 16.9 Å². The van der Waals surface area contributed by atoms with Crippen LogP contribution in [-0.2, 0) is 0 Å². The average molecular weight is 398 g/mol. The van der Waals surface area contributed by atoms with E-state index in [9.17, 15) is 13.6 Å². The molecule has 0 unspecified atom stereocenters. The molecule has 0 bridgehead atoms. The number of benzene rings is 1. The number of aromatic nitrogens is 3. The molecule has 6 nitrogen and oxygen atoms in total. The SMILES string of the molecule is COc1ccc(C(=O)NC[C@@H]2[C@H]3C[C@H](n4cnc5cc(F)c(F)cc54)C[C@@H]23)cn1. The van der Waals surface area contributed by atoms with E-state index in [-0.39, 0.29) is 11.9 Å². The molecule has 0 saturated heterocycles. The van der Waals surface area contributed by atoms with Gasteiger partial charge in [-0.05, 0) is 36.7 Å². The molecule has 0 radical (unpaired) electrons. The van der Waals surface area contributed by atoms with Crippen molar-refractivity contribution < 1.29 is 18.3 Å². The number of pyridine rings is 1. The normalized spacial score (nSPS) is 25.1. The minimum Gasteiger partial charge on any atom is -0.481 e. The number of fused-ring (bicyclic) bond motifs is 2. The number of rotatable bonds is 5. The molecule has 1 aromatic carbocycles. The Kier molecular flexibility index (Phi) is 4.22. The van der Waals surface area contributed by atoms with Crippen molar-refractivity contribution in [1.82, 2.24) is 19.9 Å². The van der Waals surface area contributed by atoms with Gasteiger partial charge in [0.15, 0.2) is 11.6 Å². The first-order valence-corrected chi connectivity index (χ1v) is 9.65. The first-order valence-electron chi connectivity index (χ1n) is 9.65. The van der Waals surface area contributed by atoms with Gasteiger partial charge in [-0.15, -0.1) is 0 Å². The third kappa shape index (κ3) is 3.12. The molecule has 1 amide bonds. The molecule has 2 fully saturated rings. The number of hydrogen-bond donors (Lipinski definition) is 1. The Morgan fingerprint density at radius 2 is 1.97 bits per heavy atom. The summed E-state index contributed by atoms with van der Waals surface area (Å²) in [6.45, 7) is 0.636. The number of nitrogens with zero attached hydrogens (tertiary/aromatic N) is 3. The van der Waals surface area contributed by atoms with Crippen LogP contribution in [0.15, 0.2) is 36.8 Å². The maximum atomic E-state index is 13.6. The molecule has 5 rings (SSSR count). The number of hydrogen-bond acceptors (Lipinski definition) is 4. The van der Waals surface area contributed by atoms with Crippen molar-refractivity contribution in [1.29, 1.82) is 0 Å². The Bertz CT molecular complexity index is 1070. The second kappa shape index (κ2) is 6.79. The molecule has 0 spiro atoms. The van der Waals surface area contributed by atoms with Crippen LogP contribution in [0.2, 0.25) is 0 Å². The first kappa shape index (κ1) is 18.0. The fourth-order valence-electron chi connectivity index (χ4n) is 4.74. The number of methoxy groups -OCH3 is 1. The van der Waals surface area contributed by atoms with E-state index >= 15 is 0 Å². The van der Waals surface area contributed by atoms with Gasteiger partial charge in [-0.3, -0.25) is 4.79 Å². The maximum absolute atomic E-state index is 13.6. The van der Waals surface area contributed by atoms with E-state index in [1.54, 1.807) is 18.5 Å². The molecule has 3 aromatic rings. The van der Waals surface area contributed by atoms with Crippen LogP contribution in [0.5, 0.6) is 5.88 Å². The average Bonchev–Trinajstić information content (AvgIpc) is 3.06. The van der Waals surface area contributed by atoms with E-state index in [1.807, 2.05) is 4.57 Å². The predicted octanol–water partition coefficient (Wildman–Crippen LogP) is 3.35. The highest BCUT2D eigenvalue weighted by Crippen LogP contribution is 2.60. The Labute approximate surface area is 165 Å². The molecule has 2 aromatic heterocycles. The minimum atomic E-state index is -0.875. The number of amides is 1. The first-order chi connectivity index (χ1) is 14.0. The molecule has 4 atom stereocenters.